The summed E-state index contributed by atoms with van der Waals surface area (Å²) in [6.45, 7) is 1.39. The van der Waals surface area contributed by atoms with Gasteiger partial charge in [-0.1, -0.05) is 23.9 Å². The minimum atomic E-state index is -1.33. The zero-order valence-electron chi connectivity index (χ0n) is 14.6. The monoisotopic (exact) mass is 389 g/mol. The van der Waals surface area contributed by atoms with E-state index in [4.69, 9.17) is 0 Å². The van der Waals surface area contributed by atoms with Gasteiger partial charge in [0.2, 0.25) is 0 Å². The first-order valence-corrected chi connectivity index (χ1v) is 8.70. The largest absolute Gasteiger partial charge is 0.549 e. The number of hydrogen-bond acceptors (Lipinski definition) is 7. The maximum atomic E-state index is 13.6. The van der Waals surface area contributed by atoms with Crippen molar-refractivity contribution in [1.82, 2.24) is 19.1 Å². The number of nitrogens with zero attached hydrogens (tertiary/aromatic N) is 4. The third kappa shape index (κ3) is 3.35. The molecule has 2 heterocycles. The van der Waals surface area contributed by atoms with Crippen LogP contribution in [0.4, 0.5) is 4.39 Å². The molecule has 0 aliphatic rings. The van der Waals surface area contributed by atoms with Gasteiger partial charge in [-0.25, -0.2) is 19.2 Å². The number of carboxylic acids is 1. The van der Waals surface area contributed by atoms with Gasteiger partial charge >= 0.3 is 5.69 Å². The number of fused-ring (bicyclic) bond motifs is 1. The Labute approximate surface area is 156 Å². The summed E-state index contributed by atoms with van der Waals surface area (Å²) < 4.78 is 15.6. The van der Waals surface area contributed by atoms with Gasteiger partial charge in [-0.2, -0.15) is 0 Å². The molecule has 0 aliphatic carbocycles. The van der Waals surface area contributed by atoms with Crippen molar-refractivity contribution >= 4 is 28.8 Å². The highest BCUT2D eigenvalue weighted by atomic mass is 32.2. The highest BCUT2D eigenvalue weighted by Crippen LogP contribution is 2.28. The van der Waals surface area contributed by atoms with Crippen molar-refractivity contribution < 1.29 is 14.3 Å². The molecule has 8 nitrogen and oxygen atoms in total. The van der Waals surface area contributed by atoms with E-state index in [1.165, 1.54) is 39.2 Å². The number of aromatic nitrogens is 4. The normalized spacial score (nSPS) is 12.3. The summed E-state index contributed by atoms with van der Waals surface area (Å²) >= 11 is 0.796. The van der Waals surface area contributed by atoms with Gasteiger partial charge in [-0.05, 0) is 19.1 Å². The number of hydrogen-bond donors (Lipinski definition) is 0. The fourth-order valence-corrected chi connectivity index (χ4v) is 3.35. The number of rotatable bonds is 4. The van der Waals surface area contributed by atoms with E-state index < -0.39 is 28.3 Å². The molecular weight excluding hydrogens is 375 g/mol. The predicted octanol–water partition coefficient (Wildman–Crippen LogP) is 0.0638. The van der Waals surface area contributed by atoms with Gasteiger partial charge in [0, 0.05) is 24.9 Å². The first-order chi connectivity index (χ1) is 12.7. The highest BCUT2D eigenvalue weighted by Gasteiger charge is 2.20. The maximum Gasteiger partial charge on any atom is 0.332 e. The first-order valence-electron chi connectivity index (χ1n) is 7.82. The Kier molecular flexibility index (Phi) is 4.83. The number of aliphatic carboxylic acids is 1. The molecule has 1 aromatic carbocycles. The van der Waals surface area contributed by atoms with E-state index in [9.17, 15) is 23.9 Å². The van der Waals surface area contributed by atoms with Crippen molar-refractivity contribution in [2.75, 3.05) is 0 Å². The summed E-state index contributed by atoms with van der Waals surface area (Å²) in [6, 6.07) is 5.50. The standard InChI is InChI=1S/C17H15FN4O4S/c1-8(16(24)25)27-14-11-13(21(2)17(26)22(3)15(11)23)19-12(20-14)9-5-4-6-10(18)7-9/h4-8H,1-3H3,(H,24,25)/p-1/t8-/m0/s1. The van der Waals surface area contributed by atoms with Crippen LogP contribution >= 0.6 is 11.8 Å². The van der Waals surface area contributed by atoms with Gasteiger partial charge in [0.05, 0.1) is 5.97 Å². The molecule has 3 aromatic rings. The van der Waals surface area contributed by atoms with Crippen LogP contribution in [0.3, 0.4) is 0 Å². The summed E-state index contributed by atoms with van der Waals surface area (Å²) in [5.74, 6) is -1.77. The van der Waals surface area contributed by atoms with Crippen LogP contribution in [0.5, 0.6) is 0 Å². The molecule has 0 saturated carbocycles. The van der Waals surface area contributed by atoms with E-state index >= 15 is 0 Å². The van der Waals surface area contributed by atoms with Crippen LogP contribution in [-0.2, 0) is 18.9 Å². The van der Waals surface area contributed by atoms with Gasteiger partial charge in [0.15, 0.2) is 11.5 Å². The lowest BCUT2D eigenvalue weighted by Gasteiger charge is -2.15. The second-order valence-corrected chi connectivity index (χ2v) is 7.18. The molecule has 0 fully saturated rings. The van der Waals surface area contributed by atoms with Crippen LogP contribution in [-0.4, -0.2) is 30.3 Å². The van der Waals surface area contributed by atoms with E-state index in [1.54, 1.807) is 6.07 Å². The van der Waals surface area contributed by atoms with Crippen molar-refractivity contribution in [3.63, 3.8) is 0 Å². The molecule has 2 aromatic heterocycles. The summed E-state index contributed by atoms with van der Waals surface area (Å²) in [5.41, 5.74) is -0.884. The minimum absolute atomic E-state index is 0.0119. The fourth-order valence-electron chi connectivity index (χ4n) is 2.49. The Morgan fingerprint density at radius 1 is 1.22 bits per heavy atom. The molecule has 0 bridgehead atoms. The molecule has 27 heavy (non-hydrogen) atoms. The lowest BCUT2D eigenvalue weighted by Crippen LogP contribution is -2.38. The maximum absolute atomic E-state index is 13.6. The van der Waals surface area contributed by atoms with Crippen LogP contribution in [0.15, 0.2) is 38.9 Å². The molecule has 0 spiro atoms. The lowest BCUT2D eigenvalue weighted by molar-refractivity contribution is -0.304. The number of halogens is 1. The summed E-state index contributed by atoms with van der Waals surface area (Å²) in [7, 11) is 2.74. The number of carbonyl (C=O) groups excluding carboxylic acids is 1. The first kappa shape index (κ1) is 18.8. The van der Waals surface area contributed by atoms with E-state index in [0.717, 1.165) is 20.9 Å². The van der Waals surface area contributed by atoms with E-state index in [2.05, 4.69) is 9.97 Å². The van der Waals surface area contributed by atoms with Crippen molar-refractivity contribution in [2.45, 2.75) is 17.2 Å². The third-order valence-electron chi connectivity index (χ3n) is 3.97. The van der Waals surface area contributed by atoms with E-state index in [0.29, 0.717) is 5.56 Å². The van der Waals surface area contributed by atoms with Crippen molar-refractivity contribution in [2.24, 2.45) is 14.1 Å². The zero-order chi connectivity index (χ0) is 19.9. The quantitative estimate of drug-likeness (QED) is 0.458. The van der Waals surface area contributed by atoms with E-state index in [-0.39, 0.29) is 21.9 Å². The average Bonchev–Trinajstić information content (AvgIpc) is 2.63. The Bertz CT molecular complexity index is 1190. The Balaban J connectivity index is 2.40. The van der Waals surface area contributed by atoms with Crippen LogP contribution < -0.4 is 16.4 Å². The molecule has 10 heteroatoms. The summed E-state index contributed by atoms with van der Waals surface area (Å²) in [4.78, 5) is 44.5. The topological polar surface area (TPSA) is 110 Å². The molecule has 0 amide bonds. The van der Waals surface area contributed by atoms with Crippen LogP contribution in [0.25, 0.3) is 22.4 Å². The molecule has 0 N–H and O–H groups in total. The van der Waals surface area contributed by atoms with Crippen molar-refractivity contribution in [3.05, 3.63) is 50.9 Å². The SMILES string of the molecule is C[C@H](Sc1nc(-c2cccc(F)c2)nc2c1c(=O)n(C)c(=O)n2C)C(=O)[O-]. The van der Waals surface area contributed by atoms with Crippen LogP contribution in [0, 0.1) is 5.82 Å². The number of carbonyl (C=O) groups is 1. The Hall–Kier alpha value is -3.01. The number of carboxylic acid groups (broad SMARTS) is 1. The van der Waals surface area contributed by atoms with E-state index in [1.807, 2.05) is 0 Å². The predicted molar refractivity (Wildman–Crippen MR) is 95.7 cm³/mol. The van der Waals surface area contributed by atoms with Gasteiger partial charge in [-0.15, -0.1) is 0 Å². The number of aryl methyl sites for hydroxylation is 1. The number of thioether (sulfide) groups is 1. The van der Waals surface area contributed by atoms with Crippen molar-refractivity contribution in [3.8, 4) is 11.4 Å². The molecule has 1 atom stereocenters. The van der Waals surface area contributed by atoms with Gasteiger partial charge in [-0.3, -0.25) is 13.9 Å². The molecule has 0 unspecified atom stereocenters. The second-order valence-electron chi connectivity index (χ2n) is 5.85. The smallest absolute Gasteiger partial charge is 0.332 e. The average molecular weight is 389 g/mol. The van der Waals surface area contributed by atoms with Gasteiger partial charge in [0.25, 0.3) is 5.56 Å². The lowest BCUT2D eigenvalue weighted by atomic mass is 10.2. The highest BCUT2D eigenvalue weighted by molar-refractivity contribution is 8.00. The molecular formula is C17H14FN4O4S-. The third-order valence-corrected chi connectivity index (χ3v) is 5.03. The Morgan fingerprint density at radius 2 is 1.93 bits per heavy atom. The van der Waals surface area contributed by atoms with Gasteiger partial charge in [0.1, 0.15) is 16.2 Å². The molecule has 0 aliphatic heterocycles. The van der Waals surface area contributed by atoms with Gasteiger partial charge < -0.3 is 9.90 Å². The Morgan fingerprint density at radius 3 is 2.56 bits per heavy atom. The molecule has 140 valence electrons. The van der Waals surface area contributed by atoms with Crippen LogP contribution in [0.1, 0.15) is 6.92 Å². The van der Waals surface area contributed by atoms with Crippen LogP contribution in [0.2, 0.25) is 0 Å². The zero-order valence-corrected chi connectivity index (χ0v) is 15.4. The van der Waals surface area contributed by atoms with Crippen molar-refractivity contribution in [1.29, 1.82) is 0 Å². The summed E-state index contributed by atoms with van der Waals surface area (Å²) in [6.07, 6.45) is 0. The number of benzene rings is 1. The molecule has 0 radical (unpaired) electrons. The summed E-state index contributed by atoms with van der Waals surface area (Å²) in [5, 5.41) is 10.2. The fraction of sp³-hybridized carbons (Fsp3) is 0.235. The minimum Gasteiger partial charge on any atom is -0.549 e. The molecule has 0 saturated heterocycles. The molecule has 3 rings (SSSR count). The second kappa shape index (κ2) is 6.95.